The number of carboxylic acids is 3. The molecular weight excluding hydrogens is 1240 g/mol. The molecule has 1 aliphatic carbocycles. The molecule has 7 N–H and O–H groups in total. The molecule has 0 saturated heterocycles. The van der Waals surface area contributed by atoms with Gasteiger partial charge in [-0.1, -0.05) is 102 Å². The number of hydrogen-bond acceptors (Lipinski definition) is 12. The van der Waals surface area contributed by atoms with Crippen LogP contribution in [0, 0.1) is 5.92 Å². The second-order valence-corrected chi connectivity index (χ2v) is 28.2. The minimum atomic E-state index is -4.48. The number of unbranched alkanes of at least 4 members (excludes halogenated alkanes) is 9. The van der Waals surface area contributed by atoms with Gasteiger partial charge in [0.1, 0.15) is 47.5 Å². The van der Waals surface area contributed by atoms with Gasteiger partial charge in [0.15, 0.2) is 5.71 Å². The standard InChI is InChI=1S/C75H101N5O15S/c1-7-8-48-79-64-37-22-21-35-60(64)74(3,4)66(79)45-40-53-28-26-29-54(69(53)95-58-33-18-12-19-34-58)41-46-67-75(5,6)61-51-59(96(92,93)94)42-44-65(61)80(67)49-25-13-17-31-56(82)30-16-11-14-27-55(70(85)86)50-57(83)32-15-9-10-20-38-68(84)76-47-24-23-36-62(71(87)88)77-73(91)78-63(72(89)90)43-39-52(2)81/h12,18-19,21-22,33-35,37,40-42,44-46,51,55,62-63H,7-11,13-17,20,23-32,36,38-39,43,47-50H2,1-6H3,(H6-,76,77,78,84,85,86,87,88,89,90,91,92,93,94)/p+1/t55?,62-,63-/m0/s1. The Labute approximate surface area is 567 Å². The number of amides is 3. The average Bonchev–Trinajstić information content (AvgIpc) is 1.59. The highest BCUT2D eigenvalue weighted by atomic mass is 32.2. The predicted molar refractivity (Wildman–Crippen MR) is 370 cm³/mol. The van der Waals surface area contributed by atoms with Crippen molar-refractivity contribution in [3.05, 3.63) is 131 Å². The summed E-state index contributed by atoms with van der Waals surface area (Å²) in [5, 5.41) is 36.0. The van der Waals surface area contributed by atoms with Crippen molar-refractivity contribution in [3.63, 3.8) is 0 Å². The summed E-state index contributed by atoms with van der Waals surface area (Å²) in [5.74, 6) is -3.34. The lowest BCUT2D eigenvalue weighted by Gasteiger charge is -2.27. The van der Waals surface area contributed by atoms with Gasteiger partial charge in [-0.3, -0.25) is 23.7 Å². The van der Waals surface area contributed by atoms with Gasteiger partial charge < -0.3 is 45.7 Å². The van der Waals surface area contributed by atoms with Gasteiger partial charge in [-0.15, -0.1) is 0 Å². The normalized spacial score (nSPS) is 16.7. The van der Waals surface area contributed by atoms with E-state index in [-0.39, 0.29) is 78.6 Å². The molecule has 1 unspecified atom stereocenters. The molecule has 0 spiro atoms. The number of ketones is 3. The number of allylic oxidation sites excluding steroid dienone is 7. The molecule has 2 heterocycles. The third-order valence-electron chi connectivity index (χ3n) is 18.5. The van der Waals surface area contributed by atoms with Gasteiger partial charge in [-0.25, -0.2) is 14.4 Å². The van der Waals surface area contributed by atoms with Crippen LogP contribution in [0.3, 0.4) is 0 Å². The van der Waals surface area contributed by atoms with E-state index in [1.54, 1.807) is 12.1 Å². The minimum Gasteiger partial charge on any atom is -0.481 e. The molecule has 3 aromatic rings. The summed E-state index contributed by atoms with van der Waals surface area (Å²) >= 11 is 0. The second-order valence-electron chi connectivity index (χ2n) is 26.8. The molecule has 0 aromatic heterocycles. The zero-order valence-electron chi connectivity index (χ0n) is 57.1. The van der Waals surface area contributed by atoms with E-state index in [0.29, 0.717) is 90.0 Å². The van der Waals surface area contributed by atoms with Crippen molar-refractivity contribution >= 4 is 74.4 Å². The molecule has 3 aliphatic rings. The number of aliphatic carboxylic acids is 3. The fraction of sp³-hybridized carbons (Fsp3) is 0.533. The van der Waals surface area contributed by atoms with Gasteiger partial charge in [0.25, 0.3) is 10.1 Å². The third-order valence-corrected chi connectivity index (χ3v) is 19.4. The summed E-state index contributed by atoms with van der Waals surface area (Å²) in [7, 11) is -4.48. The Kier molecular flexibility index (Phi) is 30.0. The number of carbonyl (C=O) groups is 8. The molecule has 3 amide bonds. The molecule has 0 radical (unpaired) electrons. The number of hydrogen-bond donors (Lipinski definition) is 7. The summed E-state index contributed by atoms with van der Waals surface area (Å²) < 4.78 is 44.4. The van der Waals surface area contributed by atoms with E-state index in [0.717, 1.165) is 91.1 Å². The number of benzene rings is 3. The number of rotatable bonds is 43. The van der Waals surface area contributed by atoms with Gasteiger partial charge in [-0.05, 0) is 163 Å². The van der Waals surface area contributed by atoms with Crippen molar-refractivity contribution in [2.45, 2.75) is 236 Å². The van der Waals surface area contributed by atoms with Crippen molar-refractivity contribution < 1.29 is 76.0 Å². The number of Topliss-reactive ketones (excluding diaryl/α,β-unsaturated/α-hetero) is 3. The van der Waals surface area contributed by atoms with E-state index in [4.69, 9.17) is 4.74 Å². The summed E-state index contributed by atoms with van der Waals surface area (Å²) in [5.41, 5.74) is 7.71. The number of nitrogens with zero attached hydrogens (tertiary/aromatic N) is 2. The van der Waals surface area contributed by atoms with E-state index in [1.807, 2.05) is 30.3 Å². The summed E-state index contributed by atoms with van der Waals surface area (Å²) in [4.78, 5) is 99.2. The van der Waals surface area contributed by atoms with Crippen LogP contribution in [0.1, 0.15) is 220 Å². The highest BCUT2D eigenvalue weighted by Crippen LogP contribution is 2.49. The average molecular weight is 1350 g/mol. The highest BCUT2D eigenvalue weighted by Gasteiger charge is 2.44. The molecule has 6 rings (SSSR count). The van der Waals surface area contributed by atoms with Gasteiger partial charge in [-0.2, -0.15) is 13.0 Å². The maximum absolute atomic E-state index is 13.1. The summed E-state index contributed by atoms with van der Waals surface area (Å²) in [6.07, 6.45) is 22.3. The number of para-hydroxylation sites is 2. The molecule has 20 nitrogen and oxygen atoms in total. The Balaban J connectivity index is 0.933. The summed E-state index contributed by atoms with van der Waals surface area (Å²) in [6.45, 7) is 14.1. The van der Waals surface area contributed by atoms with Crippen LogP contribution in [0.4, 0.5) is 16.2 Å². The van der Waals surface area contributed by atoms with E-state index < -0.39 is 57.5 Å². The fourth-order valence-electron chi connectivity index (χ4n) is 13.0. The number of carbonyl (C=O) groups excluding carboxylic acids is 5. The molecule has 96 heavy (non-hydrogen) atoms. The first-order valence-electron chi connectivity index (χ1n) is 34.5. The summed E-state index contributed by atoms with van der Waals surface area (Å²) in [6, 6.07) is 19.7. The van der Waals surface area contributed by atoms with Crippen LogP contribution < -0.4 is 25.6 Å². The first-order chi connectivity index (χ1) is 45.7. The number of anilines is 1. The predicted octanol–water partition coefficient (Wildman–Crippen LogP) is 13.7. The topological polar surface area (TPSA) is 303 Å². The van der Waals surface area contributed by atoms with Crippen LogP contribution in [-0.2, 0) is 54.5 Å². The van der Waals surface area contributed by atoms with Crippen molar-refractivity contribution in [1.82, 2.24) is 16.0 Å². The van der Waals surface area contributed by atoms with Crippen LogP contribution in [0.2, 0.25) is 0 Å². The molecule has 3 atom stereocenters. The van der Waals surface area contributed by atoms with Gasteiger partial charge in [0.2, 0.25) is 11.6 Å². The van der Waals surface area contributed by atoms with Crippen molar-refractivity contribution in [2.24, 2.45) is 5.92 Å². The number of fused-ring (bicyclic) bond motifs is 2. The van der Waals surface area contributed by atoms with Crippen molar-refractivity contribution in [1.29, 1.82) is 0 Å². The molecule has 0 bridgehead atoms. The SMILES string of the molecule is CCCC[N+]1=C(C=CC2=C(Oc3ccccc3)C(=CC=C3N(CCCCCC(=O)CCCCCC(CC(=O)CCCCCCC(=O)NCCCC[C@H](NC(=O)N[C@@H](CCC(C)=O)C(=O)O)C(=O)O)C(=O)O)c4ccc(S(=O)(=O)O)cc4C3(C)C)CCC2)C(C)(C)c2ccccc21. The molecule has 3 aromatic carbocycles. The van der Waals surface area contributed by atoms with Crippen molar-refractivity contribution in [3.8, 4) is 5.75 Å². The zero-order valence-corrected chi connectivity index (χ0v) is 57.9. The van der Waals surface area contributed by atoms with Crippen LogP contribution in [0.25, 0.3) is 0 Å². The first kappa shape index (κ1) is 77.0. The Morgan fingerprint density at radius 3 is 1.93 bits per heavy atom. The molecule has 2 aliphatic heterocycles. The lowest BCUT2D eigenvalue weighted by Crippen LogP contribution is -2.51. The van der Waals surface area contributed by atoms with Gasteiger partial charge in [0, 0.05) is 92.5 Å². The Morgan fingerprint density at radius 2 is 1.27 bits per heavy atom. The zero-order chi connectivity index (χ0) is 70.0. The number of ether oxygens (including phenoxy) is 1. The van der Waals surface area contributed by atoms with Gasteiger partial charge >= 0.3 is 23.9 Å². The fourth-order valence-corrected chi connectivity index (χ4v) is 13.5. The largest absolute Gasteiger partial charge is 0.481 e. The maximum Gasteiger partial charge on any atom is 0.326 e. The van der Waals surface area contributed by atoms with Crippen LogP contribution >= 0.6 is 0 Å². The quantitative estimate of drug-likeness (QED) is 0.0157. The Morgan fingerprint density at radius 1 is 0.646 bits per heavy atom. The maximum atomic E-state index is 13.1. The first-order valence-corrected chi connectivity index (χ1v) is 35.9. The lowest BCUT2D eigenvalue weighted by atomic mass is 9.81. The van der Waals surface area contributed by atoms with Crippen LogP contribution in [0.5, 0.6) is 5.75 Å². The minimum absolute atomic E-state index is 0.0405. The van der Waals surface area contributed by atoms with Crippen molar-refractivity contribution in [2.75, 3.05) is 24.5 Å². The number of carboxylic acid groups (broad SMARTS) is 3. The number of urea groups is 1. The lowest BCUT2D eigenvalue weighted by molar-refractivity contribution is -0.438. The Bertz CT molecular complexity index is 3510. The second kappa shape index (κ2) is 37.5. The van der Waals surface area contributed by atoms with Crippen LogP contribution in [0.15, 0.2) is 125 Å². The molecule has 0 fully saturated rings. The van der Waals surface area contributed by atoms with E-state index in [2.05, 4.69) is 109 Å². The van der Waals surface area contributed by atoms with E-state index in [9.17, 15) is 66.6 Å². The monoisotopic (exact) mass is 1340 g/mol. The van der Waals surface area contributed by atoms with Crippen LogP contribution in [-0.4, -0.2) is 117 Å². The third kappa shape index (κ3) is 23.1. The molecule has 21 heteroatoms. The highest BCUT2D eigenvalue weighted by molar-refractivity contribution is 7.85. The molecular formula is C75H102N5O15S+. The van der Waals surface area contributed by atoms with Gasteiger partial charge in [0.05, 0.1) is 16.2 Å². The molecule has 522 valence electrons. The smallest absolute Gasteiger partial charge is 0.326 e. The van der Waals surface area contributed by atoms with E-state index in [1.165, 1.54) is 30.0 Å². The number of nitrogens with one attached hydrogen (secondary N) is 3. The van der Waals surface area contributed by atoms with E-state index >= 15 is 0 Å². The molecule has 0 saturated carbocycles. The Hall–Kier alpha value is -8.04.